The van der Waals surface area contributed by atoms with Crippen molar-refractivity contribution in [2.45, 2.75) is 40.2 Å². The normalized spacial score (nSPS) is 18.9. The maximum absolute atomic E-state index is 12.2. The molecule has 1 atom stereocenters. The Morgan fingerprint density at radius 1 is 1.25 bits per heavy atom. The number of carbonyl (C=O) groups is 2. The number of ether oxygens (including phenoxy) is 1. The molecule has 0 saturated carbocycles. The average Bonchev–Trinajstić information content (AvgIpc) is 2.43. The van der Waals surface area contributed by atoms with Gasteiger partial charge in [-0.25, -0.2) is 9.59 Å². The van der Waals surface area contributed by atoms with E-state index in [9.17, 15) is 9.59 Å². The molecular formula is C14H25N3O3. The number of carbonyl (C=O) groups excluding carboxylic acids is 2. The second-order valence-corrected chi connectivity index (χ2v) is 4.63. The summed E-state index contributed by atoms with van der Waals surface area (Å²) < 4.78 is 5.12. The van der Waals surface area contributed by atoms with Crippen LogP contribution in [0.4, 0.5) is 4.79 Å². The molecule has 1 heterocycles. The molecule has 0 bridgehead atoms. The van der Waals surface area contributed by atoms with E-state index in [1.165, 1.54) is 0 Å². The van der Waals surface area contributed by atoms with Gasteiger partial charge in [0.05, 0.1) is 18.2 Å². The van der Waals surface area contributed by atoms with E-state index in [1.54, 1.807) is 6.92 Å². The van der Waals surface area contributed by atoms with Crippen molar-refractivity contribution in [2.24, 2.45) is 0 Å². The topological polar surface area (TPSA) is 70.7 Å². The highest BCUT2D eigenvalue weighted by Gasteiger charge is 2.31. The van der Waals surface area contributed by atoms with E-state index < -0.39 is 0 Å². The Morgan fingerprint density at radius 2 is 1.90 bits per heavy atom. The van der Waals surface area contributed by atoms with Crippen LogP contribution in [0.15, 0.2) is 11.3 Å². The lowest BCUT2D eigenvalue weighted by atomic mass is 10.00. The summed E-state index contributed by atoms with van der Waals surface area (Å²) in [6.45, 7) is 10.4. The van der Waals surface area contributed by atoms with Crippen molar-refractivity contribution in [3.63, 3.8) is 0 Å². The Bertz CT molecular complexity index is 389. The summed E-state index contributed by atoms with van der Waals surface area (Å²) in [5, 5.41) is 5.52. The second kappa shape index (κ2) is 7.89. The lowest BCUT2D eigenvalue weighted by Gasteiger charge is -2.30. The molecule has 1 aliphatic heterocycles. The number of rotatable bonds is 7. The fourth-order valence-corrected chi connectivity index (χ4v) is 2.26. The molecule has 0 aliphatic carbocycles. The Labute approximate surface area is 120 Å². The van der Waals surface area contributed by atoms with E-state index in [2.05, 4.69) is 15.5 Å². The van der Waals surface area contributed by atoms with Crippen LogP contribution in [-0.2, 0) is 9.53 Å². The molecule has 0 unspecified atom stereocenters. The molecule has 1 aliphatic rings. The molecule has 2 amide bonds. The minimum Gasteiger partial charge on any atom is -0.463 e. The lowest BCUT2D eigenvalue weighted by Crippen LogP contribution is -2.52. The van der Waals surface area contributed by atoms with Crippen molar-refractivity contribution in [3.05, 3.63) is 11.3 Å². The van der Waals surface area contributed by atoms with Crippen LogP contribution in [0.3, 0.4) is 0 Å². The first kappa shape index (κ1) is 16.5. The van der Waals surface area contributed by atoms with Crippen molar-refractivity contribution >= 4 is 12.0 Å². The smallest absolute Gasteiger partial charge is 0.337 e. The first-order chi connectivity index (χ1) is 9.57. The predicted octanol–water partition coefficient (Wildman–Crippen LogP) is 1.24. The molecule has 20 heavy (non-hydrogen) atoms. The van der Waals surface area contributed by atoms with Crippen LogP contribution in [0.5, 0.6) is 0 Å². The zero-order valence-electron chi connectivity index (χ0n) is 12.8. The monoisotopic (exact) mass is 283 g/mol. The Hall–Kier alpha value is -1.56. The molecular weight excluding hydrogens is 258 g/mol. The SMILES string of the molecule is CCOC(=O)C1=C(CN(CC)CC)NC(=O)N[C@H]1CC. The zero-order chi connectivity index (χ0) is 15.1. The Morgan fingerprint density at radius 3 is 2.40 bits per heavy atom. The summed E-state index contributed by atoms with van der Waals surface area (Å²) in [4.78, 5) is 26.0. The van der Waals surface area contributed by atoms with Crippen LogP contribution in [0.25, 0.3) is 0 Å². The largest absolute Gasteiger partial charge is 0.463 e. The molecule has 114 valence electrons. The highest BCUT2D eigenvalue weighted by molar-refractivity contribution is 5.94. The fourth-order valence-electron chi connectivity index (χ4n) is 2.26. The van der Waals surface area contributed by atoms with E-state index in [1.807, 2.05) is 20.8 Å². The van der Waals surface area contributed by atoms with Crippen molar-refractivity contribution in [3.8, 4) is 0 Å². The van der Waals surface area contributed by atoms with E-state index in [-0.39, 0.29) is 18.0 Å². The van der Waals surface area contributed by atoms with E-state index >= 15 is 0 Å². The number of hydrogen-bond acceptors (Lipinski definition) is 4. The maximum atomic E-state index is 12.2. The van der Waals surface area contributed by atoms with Crippen LogP contribution in [0.1, 0.15) is 34.1 Å². The van der Waals surface area contributed by atoms with Gasteiger partial charge in [0.25, 0.3) is 0 Å². The highest BCUT2D eigenvalue weighted by atomic mass is 16.5. The number of nitrogens with one attached hydrogen (secondary N) is 2. The van der Waals surface area contributed by atoms with Gasteiger partial charge in [-0.1, -0.05) is 20.8 Å². The first-order valence-electron chi connectivity index (χ1n) is 7.27. The van der Waals surface area contributed by atoms with Crippen LogP contribution < -0.4 is 10.6 Å². The number of urea groups is 1. The number of nitrogens with zero attached hydrogens (tertiary/aromatic N) is 1. The minimum atomic E-state index is -0.353. The Balaban J connectivity index is 3.09. The van der Waals surface area contributed by atoms with Crippen molar-refractivity contribution < 1.29 is 14.3 Å². The maximum Gasteiger partial charge on any atom is 0.337 e. The molecule has 0 aromatic carbocycles. The number of amides is 2. The summed E-state index contributed by atoms with van der Waals surface area (Å²) in [6.07, 6.45) is 0.656. The molecule has 0 saturated heterocycles. The molecule has 2 N–H and O–H groups in total. The van der Waals surface area contributed by atoms with Gasteiger partial charge in [-0.3, -0.25) is 4.90 Å². The predicted molar refractivity (Wildman–Crippen MR) is 77.2 cm³/mol. The minimum absolute atomic E-state index is 0.257. The standard InChI is InChI=1S/C14H25N3O3/c1-5-10-12(13(18)20-8-4)11(16-14(19)15-10)9-17(6-2)7-3/h10H,5-9H2,1-4H3,(H2,15,16,19)/t10-/m0/s1. The van der Waals surface area contributed by atoms with Gasteiger partial charge in [0, 0.05) is 12.2 Å². The second-order valence-electron chi connectivity index (χ2n) is 4.63. The van der Waals surface area contributed by atoms with Gasteiger partial charge in [0.15, 0.2) is 0 Å². The molecule has 1 rings (SSSR count). The zero-order valence-corrected chi connectivity index (χ0v) is 12.8. The van der Waals surface area contributed by atoms with E-state index in [4.69, 9.17) is 4.74 Å². The summed E-state index contributed by atoms with van der Waals surface area (Å²) in [7, 11) is 0. The van der Waals surface area contributed by atoms with Gasteiger partial charge in [-0.15, -0.1) is 0 Å². The molecule has 0 fully saturated rings. The molecule has 0 radical (unpaired) electrons. The third kappa shape index (κ3) is 3.96. The molecule has 6 nitrogen and oxygen atoms in total. The van der Waals surface area contributed by atoms with Crippen molar-refractivity contribution in [2.75, 3.05) is 26.2 Å². The third-order valence-corrected chi connectivity index (χ3v) is 3.42. The van der Waals surface area contributed by atoms with Crippen LogP contribution in [0, 0.1) is 0 Å². The lowest BCUT2D eigenvalue weighted by molar-refractivity contribution is -0.139. The third-order valence-electron chi connectivity index (χ3n) is 3.42. The first-order valence-corrected chi connectivity index (χ1v) is 7.27. The Kier molecular flexibility index (Phi) is 6.51. The highest BCUT2D eigenvalue weighted by Crippen LogP contribution is 2.17. The molecule has 6 heteroatoms. The van der Waals surface area contributed by atoms with Crippen LogP contribution in [-0.4, -0.2) is 49.2 Å². The van der Waals surface area contributed by atoms with E-state index in [0.29, 0.717) is 30.8 Å². The van der Waals surface area contributed by atoms with E-state index in [0.717, 1.165) is 13.1 Å². The van der Waals surface area contributed by atoms with Gasteiger partial charge in [0.2, 0.25) is 0 Å². The summed E-state index contributed by atoms with van der Waals surface area (Å²) in [5.74, 6) is -0.353. The number of likely N-dealkylation sites (N-methyl/N-ethyl adjacent to an activating group) is 1. The van der Waals surface area contributed by atoms with Gasteiger partial charge in [0.1, 0.15) is 0 Å². The molecule has 0 aromatic heterocycles. The number of esters is 1. The van der Waals surface area contributed by atoms with Gasteiger partial charge in [-0.05, 0) is 26.4 Å². The van der Waals surface area contributed by atoms with Gasteiger partial charge in [-0.2, -0.15) is 0 Å². The van der Waals surface area contributed by atoms with Crippen LogP contribution >= 0.6 is 0 Å². The fraction of sp³-hybridized carbons (Fsp3) is 0.714. The van der Waals surface area contributed by atoms with Gasteiger partial charge >= 0.3 is 12.0 Å². The number of hydrogen-bond donors (Lipinski definition) is 2. The average molecular weight is 283 g/mol. The summed E-state index contributed by atoms with van der Waals surface area (Å²) in [5.41, 5.74) is 1.20. The van der Waals surface area contributed by atoms with Crippen LogP contribution in [0.2, 0.25) is 0 Å². The molecule has 0 aromatic rings. The van der Waals surface area contributed by atoms with Gasteiger partial charge < -0.3 is 15.4 Å². The summed E-state index contributed by atoms with van der Waals surface area (Å²) in [6, 6.07) is -0.541. The summed E-state index contributed by atoms with van der Waals surface area (Å²) >= 11 is 0. The van der Waals surface area contributed by atoms with Crippen molar-refractivity contribution in [1.82, 2.24) is 15.5 Å². The van der Waals surface area contributed by atoms with Crippen molar-refractivity contribution in [1.29, 1.82) is 0 Å². The molecule has 0 spiro atoms. The quantitative estimate of drug-likeness (QED) is 0.690.